The number of hydrogen-bond acceptors (Lipinski definition) is 5. The van der Waals surface area contributed by atoms with Crippen LogP contribution in [0.5, 0.6) is 5.75 Å². The lowest BCUT2D eigenvalue weighted by Crippen LogP contribution is -2.38. The third-order valence-corrected chi connectivity index (χ3v) is 5.24. The maximum Gasteiger partial charge on any atom is 0.224 e. The molecule has 7 nitrogen and oxygen atoms in total. The monoisotopic (exact) mass is 377 g/mol. The van der Waals surface area contributed by atoms with Crippen LogP contribution in [0, 0.1) is 0 Å². The fourth-order valence-corrected chi connectivity index (χ4v) is 3.71. The highest BCUT2D eigenvalue weighted by atomic mass is 16.3. The fourth-order valence-electron chi connectivity index (χ4n) is 3.71. The van der Waals surface area contributed by atoms with E-state index in [0.29, 0.717) is 11.6 Å². The van der Waals surface area contributed by atoms with Crippen LogP contribution in [0.3, 0.4) is 0 Å². The Labute approximate surface area is 163 Å². The van der Waals surface area contributed by atoms with Crippen molar-refractivity contribution < 1.29 is 9.90 Å². The van der Waals surface area contributed by atoms with E-state index in [1.54, 1.807) is 36.8 Å². The highest BCUT2D eigenvalue weighted by molar-refractivity contribution is 5.79. The number of carbonyl (C=O) groups is 1. The van der Waals surface area contributed by atoms with Gasteiger partial charge in [-0.25, -0.2) is 0 Å². The predicted molar refractivity (Wildman–Crippen MR) is 104 cm³/mol. The minimum atomic E-state index is -0.0472. The molecule has 0 radical (unpaired) electrons. The Balaban J connectivity index is 1.30. The number of aromatic nitrogens is 4. The van der Waals surface area contributed by atoms with Crippen LogP contribution >= 0.6 is 0 Å². The predicted octanol–water partition coefficient (Wildman–Crippen LogP) is 2.89. The van der Waals surface area contributed by atoms with Gasteiger partial charge in [0.1, 0.15) is 5.75 Å². The molecule has 1 amide bonds. The lowest BCUT2D eigenvalue weighted by molar-refractivity contribution is -0.121. The summed E-state index contributed by atoms with van der Waals surface area (Å²) in [6.07, 6.45) is 12.9. The van der Waals surface area contributed by atoms with Crippen LogP contribution in [0.2, 0.25) is 0 Å². The molecule has 0 unspecified atom stereocenters. The Morgan fingerprint density at radius 2 is 1.96 bits per heavy atom. The maximum atomic E-state index is 12.3. The summed E-state index contributed by atoms with van der Waals surface area (Å²) in [4.78, 5) is 20.7. The van der Waals surface area contributed by atoms with Crippen molar-refractivity contribution >= 4 is 5.91 Å². The van der Waals surface area contributed by atoms with Gasteiger partial charge in [-0.2, -0.15) is 5.10 Å². The third-order valence-electron chi connectivity index (χ3n) is 5.24. The number of nitrogens with one attached hydrogen (secondary N) is 1. The summed E-state index contributed by atoms with van der Waals surface area (Å²) in [6, 6.07) is 7.46. The zero-order valence-corrected chi connectivity index (χ0v) is 15.5. The molecule has 4 rings (SSSR count). The van der Waals surface area contributed by atoms with Gasteiger partial charge in [0.2, 0.25) is 5.91 Å². The van der Waals surface area contributed by atoms with Crippen molar-refractivity contribution in [2.24, 2.45) is 0 Å². The molecular weight excluding hydrogens is 354 g/mol. The molecule has 0 atom stereocenters. The number of carbonyl (C=O) groups excluding carboxylic acids is 1. The van der Waals surface area contributed by atoms with E-state index >= 15 is 0 Å². The summed E-state index contributed by atoms with van der Waals surface area (Å²) < 4.78 is 2.00. The largest absolute Gasteiger partial charge is 0.508 e. The van der Waals surface area contributed by atoms with Crippen molar-refractivity contribution in [3.8, 4) is 17.0 Å². The van der Waals surface area contributed by atoms with Crippen molar-refractivity contribution in [2.45, 2.75) is 44.2 Å². The topological polar surface area (TPSA) is 92.9 Å². The molecule has 0 spiro atoms. The second kappa shape index (κ2) is 8.21. The second-order valence-electron chi connectivity index (χ2n) is 7.18. The standard InChI is InChI=1S/C21H23N5O2/c27-20-4-2-1-3-15(20)11-21(28)25-17-5-7-18(8-6-17)26-14-16(12-24-26)19-13-22-9-10-23-19/h1-4,9-10,12-14,17-18,27H,5-8,11H2,(H,25,28). The van der Waals surface area contributed by atoms with Gasteiger partial charge in [0, 0.05) is 35.8 Å². The average molecular weight is 377 g/mol. The maximum absolute atomic E-state index is 12.3. The van der Waals surface area contributed by atoms with Gasteiger partial charge in [0.15, 0.2) is 0 Å². The van der Waals surface area contributed by atoms with Crippen molar-refractivity contribution in [1.29, 1.82) is 0 Å². The SMILES string of the molecule is O=C(Cc1ccccc1O)NC1CCC(n2cc(-c3cnccn3)cn2)CC1. The third kappa shape index (κ3) is 4.19. The summed E-state index contributed by atoms with van der Waals surface area (Å²) in [6.45, 7) is 0. The van der Waals surface area contributed by atoms with E-state index in [1.807, 2.05) is 23.1 Å². The quantitative estimate of drug-likeness (QED) is 0.713. The molecule has 0 bridgehead atoms. The number of amides is 1. The summed E-state index contributed by atoms with van der Waals surface area (Å²) in [5, 5.41) is 17.4. The number of aromatic hydroxyl groups is 1. The summed E-state index contributed by atoms with van der Waals surface area (Å²) >= 11 is 0. The van der Waals surface area contributed by atoms with Crippen LogP contribution in [0.1, 0.15) is 37.3 Å². The average Bonchev–Trinajstić information content (AvgIpc) is 3.21. The van der Waals surface area contributed by atoms with Gasteiger partial charge in [-0.05, 0) is 31.7 Å². The van der Waals surface area contributed by atoms with E-state index in [9.17, 15) is 9.90 Å². The number of nitrogens with zero attached hydrogens (tertiary/aromatic N) is 4. The number of phenolic OH excluding ortho intramolecular Hbond substituents is 1. The summed E-state index contributed by atoms with van der Waals surface area (Å²) in [5.74, 6) is 0.118. The molecule has 144 valence electrons. The molecule has 3 aromatic rings. The lowest BCUT2D eigenvalue weighted by atomic mass is 9.91. The fraction of sp³-hybridized carbons (Fsp3) is 0.333. The molecule has 1 aromatic carbocycles. The molecule has 7 heteroatoms. The molecule has 2 N–H and O–H groups in total. The van der Waals surface area contributed by atoms with Gasteiger partial charge in [0.25, 0.3) is 0 Å². The number of rotatable bonds is 5. The Kier molecular flexibility index (Phi) is 5.32. The molecule has 1 fully saturated rings. The molecule has 1 aliphatic rings. The highest BCUT2D eigenvalue weighted by Gasteiger charge is 2.24. The molecule has 1 saturated carbocycles. The van der Waals surface area contributed by atoms with Gasteiger partial charge < -0.3 is 10.4 Å². The van der Waals surface area contributed by atoms with E-state index in [-0.39, 0.29) is 24.1 Å². The van der Waals surface area contributed by atoms with E-state index in [0.717, 1.165) is 36.9 Å². The first kappa shape index (κ1) is 18.2. The molecule has 2 heterocycles. The summed E-state index contributed by atoms with van der Waals surface area (Å²) in [5.41, 5.74) is 2.44. The highest BCUT2D eigenvalue weighted by Crippen LogP contribution is 2.29. The van der Waals surface area contributed by atoms with Crippen molar-refractivity contribution in [2.75, 3.05) is 0 Å². The lowest BCUT2D eigenvalue weighted by Gasteiger charge is -2.29. The van der Waals surface area contributed by atoms with Gasteiger partial charge >= 0.3 is 0 Å². The van der Waals surface area contributed by atoms with E-state index in [4.69, 9.17) is 0 Å². The Morgan fingerprint density at radius 1 is 1.14 bits per heavy atom. The molecule has 0 aliphatic heterocycles. The van der Waals surface area contributed by atoms with Crippen LogP contribution < -0.4 is 5.32 Å². The van der Waals surface area contributed by atoms with Crippen LogP contribution in [-0.4, -0.2) is 36.8 Å². The van der Waals surface area contributed by atoms with Crippen LogP contribution in [0.15, 0.2) is 55.2 Å². The van der Waals surface area contributed by atoms with E-state index in [2.05, 4.69) is 20.4 Å². The van der Waals surface area contributed by atoms with Crippen molar-refractivity contribution in [3.05, 3.63) is 60.8 Å². The number of para-hydroxylation sites is 1. The van der Waals surface area contributed by atoms with Gasteiger partial charge in [-0.1, -0.05) is 18.2 Å². The first-order valence-corrected chi connectivity index (χ1v) is 9.56. The van der Waals surface area contributed by atoms with Crippen molar-refractivity contribution in [3.63, 3.8) is 0 Å². The Morgan fingerprint density at radius 3 is 2.71 bits per heavy atom. The van der Waals surface area contributed by atoms with Crippen LogP contribution in [-0.2, 0) is 11.2 Å². The molecule has 28 heavy (non-hydrogen) atoms. The normalized spacial score (nSPS) is 19.3. The minimum Gasteiger partial charge on any atom is -0.508 e. The zero-order chi connectivity index (χ0) is 19.3. The number of hydrogen-bond donors (Lipinski definition) is 2. The zero-order valence-electron chi connectivity index (χ0n) is 15.5. The minimum absolute atomic E-state index is 0.0472. The second-order valence-corrected chi connectivity index (χ2v) is 7.18. The number of phenols is 1. The van der Waals surface area contributed by atoms with Gasteiger partial charge in [-0.15, -0.1) is 0 Å². The van der Waals surface area contributed by atoms with E-state index in [1.165, 1.54) is 0 Å². The Hall–Kier alpha value is -3.22. The number of benzene rings is 1. The van der Waals surface area contributed by atoms with Gasteiger partial charge in [-0.3, -0.25) is 19.4 Å². The molecule has 2 aromatic heterocycles. The molecule has 1 aliphatic carbocycles. The first-order chi connectivity index (χ1) is 13.7. The van der Waals surface area contributed by atoms with Crippen molar-refractivity contribution in [1.82, 2.24) is 25.1 Å². The smallest absolute Gasteiger partial charge is 0.224 e. The van der Waals surface area contributed by atoms with E-state index < -0.39 is 0 Å². The molecule has 0 saturated heterocycles. The molecular formula is C21H23N5O2. The van der Waals surface area contributed by atoms with Gasteiger partial charge in [0.05, 0.1) is 30.6 Å². The Bertz CT molecular complexity index is 933. The first-order valence-electron chi connectivity index (χ1n) is 9.56. The van der Waals surface area contributed by atoms with Crippen LogP contribution in [0.25, 0.3) is 11.3 Å². The van der Waals surface area contributed by atoms with Crippen LogP contribution in [0.4, 0.5) is 0 Å². The summed E-state index contributed by atoms with van der Waals surface area (Å²) in [7, 11) is 0.